The van der Waals surface area contributed by atoms with Crippen LogP contribution in [-0.2, 0) is 4.74 Å². The topological polar surface area (TPSA) is 39.7 Å². The quantitative estimate of drug-likeness (QED) is 0.808. The monoisotopic (exact) mass is 383 g/mol. The highest BCUT2D eigenvalue weighted by Gasteiger charge is 2.28. The molecule has 1 aliphatic heterocycles. The first-order chi connectivity index (χ1) is 11.8. The van der Waals surface area contributed by atoms with Gasteiger partial charge >= 0.3 is 0 Å². The molecule has 0 bridgehead atoms. The first-order valence-corrected chi connectivity index (χ1v) is 8.62. The largest absolute Gasteiger partial charge is 0.490 e. The van der Waals surface area contributed by atoms with Crippen molar-refractivity contribution >= 4 is 24.0 Å². The SMILES string of the molecule is CCOc1cc(Cl)ccc1OC(c1ccccc1)C1CNCCO1.Cl. The predicted molar refractivity (Wildman–Crippen MR) is 102 cm³/mol. The standard InChI is InChI=1S/C19H22ClNO3.ClH/c1-2-22-17-12-15(20)8-9-16(17)24-19(14-6-4-3-5-7-14)18-13-21-10-11-23-18;/h3-9,12,18-19,21H,2,10-11,13H2,1H3;1H. The molecule has 0 aromatic heterocycles. The highest BCUT2D eigenvalue weighted by molar-refractivity contribution is 6.30. The van der Waals surface area contributed by atoms with Crippen LogP contribution in [0.1, 0.15) is 18.6 Å². The summed E-state index contributed by atoms with van der Waals surface area (Å²) >= 11 is 6.08. The lowest BCUT2D eigenvalue weighted by Gasteiger charge is -2.32. The van der Waals surface area contributed by atoms with Gasteiger partial charge in [0.2, 0.25) is 0 Å². The molecule has 25 heavy (non-hydrogen) atoms. The van der Waals surface area contributed by atoms with E-state index in [0.29, 0.717) is 29.7 Å². The van der Waals surface area contributed by atoms with E-state index in [1.807, 2.05) is 31.2 Å². The average molecular weight is 384 g/mol. The van der Waals surface area contributed by atoms with Crippen LogP contribution in [0, 0.1) is 0 Å². The van der Waals surface area contributed by atoms with Gasteiger partial charge in [0, 0.05) is 24.2 Å². The van der Waals surface area contributed by atoms with Crippen molar-refractivity contribution in [1.82, 2.24) is 5.32 Å². The number of hydrogen-bond acceptors (Lipinski definition) is 4. The normalized spacial score (nSPS) is 18.1. The van der Waals surface area contributed by atoms with E-state index in [1.165, 1.54) is 0 Å². The Labute approximate surface area is 159 Å². The van der Waals surface area contributed by atoms with Gasteiger partial charge in [-0.3, -0.25) is 0 Å². The number of morpholine rings is 1. The minimum Gasteiger partial charge on any atom is -0.490 e. The third kappa shape index (κ3) is 5.25. The zero-order valence-corrected chi connectivity index (χ0v) is 15.7. The minimum absolute atomic E-state index is 0. The Hall–Kier alpha value is -1.46. The Kier molecular flexibility index (Phi) is 7.85. The van der Waals surface area contributed by atoms with Crippen molar-refractivity contribution in [3.63, 3.8) is 0 Å². The zero-order valence-electron chi connectivity index (χ0n) is 14.1. The second kappa shape index (κ2) is 9.88. The van der Waals surface area contributed by atoms with E-state index in [4.69, 9.17) is 25.8 Å². The summed E-state index contributed by atoms with van der Waals surface area (Å²) in [5, 5.41) is 3.99. The number of halogens is 2. The predicted octanol–water partition coefficient (Wildman–Crippen LogP) is 4.27. The van der Waals surface area contributed by atoms with Crippen molar-refractivity contribution in [2.24, 2.45) is 0 Å². The molecule has 0 spiro atoms. The molecule has 2 unspecified atom stereocenters. The fourth-order valence-electron chi connectivity index (χ4n) is 2.77. The molecule has 2 aromatic rings. The maximum Gasteiger partial charge on any atom is 0.162 e. The molecule has 2 atom stereocenters. The summed E-state index contributed by atoms with van der Waals surface area (Å²) in [5.41, 5.74) is 1.07. The molecule has 0 saturated carbocycles. The van der Waals surface area contributed by atoms with Gasteiger partial charge in [0.15, 0.2) is 17.6 Å². The number of benzene rings is 2. The van der Waals surface area contributed by atoms with Gasteiger partial charge in [-0.1, -0.05) is 41.9 Å². The van der Waals surface area contributed by atoms with E-state index in [2.05, 4.69) is 17.4 Å². The minimum atomic E-state index is -0.223. The van der Waals surface area contributed by atoms with Crippen molar-refractivity contribution in [2.75, 3.05) is 26.3 Å². The lowest BCUT2D eigenvalue weighted by atomic mass is 10.0. The summed E-state index contributed by atoms with van der Waals surface area (Å²) in [6, 6.07) is 15.6. The van der Waals surface area contributed by atoms with Gasteiger partial charge in [0.1, 0.15) is 6.10 Å². The Bertz CT molecular complexity index is 648. The summed E-state index contributed by atoms with van der Waals surface area (Å²) < 4.78 is 17.9. The van der Waals surface area contributed by atoms with Crippen LogP contribution < -0.4 is 14.8 Å². The summed E-state index contributed by atoms with van der Waals surface area (Å²) in [6.45, 7) is 4.78. The van der Waals surface area contributed by atoms with Crippen LogP contribution in [0.2, 0.25) is 5.02 Å². The molecule has 1 heterocycles. The molecule has 1 aliphatic rings. The molecule has 1 N–H and O–H groups in total. The van der Waals surface area contributed by atoms with Crippen molar-refractivity contribution in [2.45, 2.75) is 19.1 Å². The molecular formula is C19H23Cl2NO3. The molecule has 136 valence electrons. The molecule has 1 fully saturated rings. The van der Waals surface area contributed by atoms with Crippen LogP contribution in [0.4, 0.5) is 0 Å². The first-order valence-electron chi connectivity index (χ1n) is 8.24. The number of rotatable bonds is 6. The van der Waals surface area contributed by atoms with Crippen LogP contribution >= 0.6 is 24.0 Å². The molecule has 0 radical (unpaired) electrons. The van der Waals surface area contributed by atoms with Gasteiger partial charge in [-0.15, -0.1) is 12.4 Å². The fourth-order valence-corrected chi connectivity index (χ4v) is 2.93. The summed E-state index contributed by atoms with van der Waals surface area (Å²) in [6.07, 6.45) is -0.286. The smallest absolute Gasteiger partial charge is 0.162 e. The average Bonchev–Trinajstić information content (AvgIpc) is 2.63. The molecule has 2 aromatic carbocycles. The van der Waals surface area contributed by atoms with Gasteiger partial charge < -0.3 is 19.5 Å². The molecule has 3 rings (SSSR count). The van der Waals surface area contributed by atoms with Crippen LogP contribution in [-0.4, -0.2) is 32.4 Å². The van der Waals surface area contributed by atoms with Gasteiger partial charge in [0.05, 0.1) is 13.2 Å². The van der Waals surface area contributed by atoms with Gasteiger partial charge in [-0.2, -0.15) is 0 Å². The highest BCUT2D eigenvalue weighted by atomic mass is 35.5. The summed E-state index contributed by atoms with van der Waals surface area (Å²) in [5.74, 6) is 1.32. The van der Waals surface area contributed by atoms with Gasteiger partial charge in [-0.25, -0.2) is 0 Å². The lowest BCUT2D eigenvalue weighted by Crippen LogP contribution is -2.43. The number of nitrogens with one attached hydrogen (secondary N) is 1. The molecule has 0 amide bonds. The molecule has 4 nitrogen and oxygen atoms in total. The van der Waals surface area contributed by atoms with Crippen molar-refractivity contribution < 1.29 is 14.2 Å². The highest BCUT2D eigenvalue weighted by Crippen LogP contribution is 2.35. The van der Waals surface area contributed by atoms with E-state index in [1.54, 1.807) is 12.1 Å². The van der Waals surface area contributed by atoms with Crippen molar-refractivity contribution in [3.05, 3.63) is 59.1 Å². The Morgan fingerprint density at radius 1 is 1.20 bits per heavy atom. The van der Waals surface area contributed by atoms with E-state index in [0.717, 1.165) is 18.7 Å². The van der Waals surface area contributed by atoms with Crippen LogP contribution in [0.5, 0.6) is 11.5 Å². The van der Waals surface area contributed by atoms with Crippen LogP contribution in [0.15, 0.2) is 48.5 Å². The third-order valence-electron chi connectivity index (χ3n) is 3.88. The summed E-state index contributed by atoms with van der Waals surface area (Å²) in [4.78, 5) is 0. The van der Waals surface area contributed by atoms with Crippen molar-refractivity contribution in [3.8, 4) is 11.5 Å². The van der Waals surface area contributed by atoms with E-state index < -0.39 is 0 Å². The second-order valence-corrected chi connectivity index (χ2v) is 6.02. The maximum absolute atomic E-state index is 6.33. The maximum atomic E-state index is 6.33. The second-order valence-electron chi connectivity index (χ2n) is 5.59. The molecule has 0 aliphatic carbocycles. The zero-order chi connectivity index (χ0) is 16.8. The molecule has 1 saturated heterocycles. The van der Waals surface area contributed by atoms with E-state index in [9.17, 15) is 0 Å². The first kappa shape index (κ1) is 19.9. The Morgan fingerprint density at radius 2 is 2.00 bits per heavy atom. The number of hydrogen-bond donors (Lipinski definition) is 1. The van der Waals surface area contributed by atoms with Gasteiger partial charge in [-0.05, 0) is 24.6 Å². The fraction of sp³-hybridized carbons (Fsp3) is 0.368. The third-order valence-corrected chi connectivity index (χ3v) is 4.12. The van der Waals surface area contributed by atoms with Crippen LogP contribution in [0.25, 0.3) is 0 Å². The lowest BCUT2D eigenvalue weighted by molar-refractivity contribution is -0.0439. The van der Waals surface area contributed by atoms with Crippen molar-refractivity contribution in [1.29, 1.82) is 0 Å². The van der Waals surface area contributed by atoms with Gasteiger partial charge in [0.25, 0.3) is 0 Å². The molecule has 6 heteroatoms. The molecular weight excluding hydrogens is 361 g/mol. The van der Waals surface area contributed by atoms with E-state index >= 15 is 0 Å². The van der Waals surface area contributed by atoms with E-state index in [-0.39, 0.29) is 24.6 Å². The summed E-state index contributed by atoms with van der Waals surface area (Å²) in [7, 11) is 0. The number of ether oxygens (including phenoxy) is 3. The Balaban J connectivity index is 0.00000225. The van der Waals surface area contributed by atoms with Crippen LogP contribution in [0.3, 0.4) is 0 Å². The Morgan fingerprint density at radius 3 is 2.68 bits per heavy atom.